The summed E-state index contributed by atoms with van der Waals surface area (Å²) < 4.78 is 10.1. The highest BCUT2D eigenvalue weighted by atomic mass is 16.5. The number of piperazine rings is 1. The Morgan fingerprint density at radius 3 is 2.43 bits per heavy atom. The molecule has 0 N–H and O–H groups in total. The SMILES string of the molecule is COc1ncccc1C(=O)N1CCN(C(=O)c2ccoc2)CC1. The Bertz CT molecular complexity index is 691. The van der Waals surface area contributed by atoms with Crippen LogP contribution in [0.5, 0.6) is 5.88 Å². The molecule has 2 aromatic rings. The van der Waals surface area contributed by atoms with E-state index in [2.05, 4.69) is 4.98 Å². The molecule has 0 radical (unpaired) electrons. The molecule has 0 bridgehead atoms. The Balaban J connectivity index is 1.65. The summed E-state index contributed by atoms with van der Waals surface area (Å²) in [7, 11) is 1.49. The molecule has 1 fully saturated rings. The molecule has 0 aromatic carbocycles. The van der Waals surface area contributed by atoms with Crippen molar-refractivity contribution in [3.63, 3.8) is 0 Å². The number of aromatic nitrogens is 1. The summed E-state index contributed by atoms with van der Waals surface area (Å²) in [6.07, 6.45) is 4.49. The van der Waals surface area contributed by atoms with Crippen LogP contribution < -0.4 is 4.74 Å². The number of nitrogens with zero attached hydrogens (tertiary/aromatic N) is 3. The normalized spacial score (nSPS) is 14.7. The van der Waals surface area contributed by atoms with E-state index in [-0.39, 0.29) is 11.8 Å². The van der Waals surface area contributed by atoms with Crippen LogP contribution in [0.3, 0.4) is 0 Å². The van der Waals surface area contributed by atoms with Crippen molar-refractivity contribution in [2.45, 2.75) is 0 Å². The number of rotatable bonds is 3. The fourth-order valence-electron chi connectivity index (χ4n) is 2.57. The van der Waals surface area contributed by atoms with Gasteiger partial charge in [0, 0.05) is 32.4 Å². The Labute approximate surface area is 133 Å². The summed E-state index contributed by atoms with van der Waals surface area (Å²) in [6.45, 7) is 1.91. The van der Waals surface area contributed by atoms with Gasteiger partial charge in [0.15, 0.2) is 0 Å². The highest BCUT2D eigenvalue weighted by Crippen LogP contribution is 2.18. The van der Waals surface area contributed by atoms with Crippen LogP contribution >= 0.6 is 0 Å². The maximum atomic E-state index is 12.6. The zero-order chi connectivity index (χ0) is 16.2. The summed E-state index contributed by atoms with van der Waals surface area (Å²) in [5.74, 6) is 0.101. The number of hydrogen-bond acceptors (Lipinski definition) is 5. The zero-order valence-electron chi connectivity index (χ0n) is 12.8. The van der Waals surface area contributed by atoms with E-state index in [1.54, 1.807) is 34.2 Å². The highest BCUT2D eigenvalue weighted by molar-refractivity contribution is 5.97. The number of methoxy groups -OCH3 is 1. The predicted molar refractivity (Wildman–Crippen MR) is 81.3 cm³/mol. The lowest BCUT2D eigenvalue weighted by atomic mass is 10.2. The minimum absolute atomic E-state index is 0.0789. The van der Waals surface area contributed by atoms with Crippen molar-refractivity contribution < 1.29 is 18.7 Å². The summed E-state index contributed by atoms with van der Waals surface area (Å²) in [5, 5.41) is 0. The molecule has 0 unspecified atom stereocenters. The second-order valence-corrected chi connectivity index (χ2v) is 5.16. The number of hydrogen-bond donors (Lipinski definition) is 0. The molecule has 1 aliphatic rings. The van der Waals surface area contributed by atoms with Crippen molar-refractivity contribution in [3.05, 3.63) is 48.0 Å². The standard InChI is InChI=1S/C16H17N3O4/c1-22-14-13(3-2-5-17-14)16(21)19-8-6-18(7-9-19)15(20)12-4-10-23-11-12/h2-5,10-11H,6-9H2,1H3. The molecule has 1 saturated heterocycles. The number of carbonyl (C=O) groups excluding carboxylic acids is 2. The molecule has 7 nitrogen and oxygen atoms in total. The molecular weight excluding hydrogens is 298 g/mol. The molecule has 0 aliphatic carbocycles. The van der Waals surface area contributed by atoms with Gasteiger partial charge in [-0.25, -0.2) is 4.98 Å². The molecule has 7 heteroatoms. The third-order valence-electron chi connectivity index (χ3n) is 3.82. The van der Waals surface area contributed by atoms with Crippen LogP contribution in [0, 0.1) is 0 Å². The maximum absolute atomic E-state index is 12.6. The smallest absolute Gasteiger partial charge is 0.259 e. The van der Waals surface area contributed by atoms with Gasteiger partial charge in [0.05, 0.1) is 18.9 Å². The van der Waals surface area contributed by atoms with E-state index in [0.29, 0.717) is 43.2 Å². The van der Waals surface area contributed by atoms with Gasteiger partial charge < -0.3 is 19.0 Å². The fourth-order valence-corrected chi connectivity index (χ4v) is 2.57. The van der Waals surface area contributed by atoms with Gasteiger partial charge >= 0.3 is 0 Å². The third-order valence-corrected chi connectivity index (χ3v) is 3.82. The summed E-state index contributed by atoms with van der Waals surface area (Å²) in [4.78, 5) is 32.3. The van der Waals surface area contributed by atoms with Crippen LogP contribution in [0.15, 0.2) is 41.3 Å². The van der Waals surface area contributed by atoms with Gasteiger partial charge in [-0.15, -0.1) is 0 Å². The van der Waals surface area contributed by atoms with E-state index in [9.17, 15) is 9.59 Å². The molecule has 0 atom stereocenters. The summed E-state index contributed by atoms with van der Waals surface area (Å²) >= 11 is 0. The first-order valence-electron chi connectivity index (χ1n) is 7.30. The summed E-state index contributed by atoms with van der Waals surface area (Å²) in [5.41, 5.74) is 0.961. The van der Waals surface area contributed by atoms with Crippen molar-refractivity contribution in [2.24, 2.45) is 0 Å². The second-order valence-electron chi connectivity index (χ2n) is 5.16. The molecule has 0 spiro atoms. The van der Waals surface area contributed by atoms with Gasteiger partial charge in [-0.1, -0.05) is 0 Å². The van der Waals surface area contributed by atoms with E-state index in [1.165, 1.54) is 19.6 Å². The lowest BCUT2D eigenvalue weighted by Gasteiger charge is -2.34. The molecule has 3 rings (SSSR count). The number of pyridine rings is 1. The topological polar surface area (TPSA) is 75.9 Å². The van der Waals surface area contributed by atoms with Crippen LogP contribution in [-0.2, 0) is 0 Å². The van der Waals surface area contributed by atoms with Crippen molar-refractivity contribution in [3.8, 4) is 5.88 Å². The van der Waals surface area contributed by atoms with Gasteiger partial charge in [0.2, 0.25) is 5.88 Å². The number of ether oxygens (including phenoxy) is 1. The highest BCUT2D eigenvalue weighted by Gasteiger charge is 2.27. The number of carbonyl (C=O) groups is 2. The first-order valence-corrected chi connectivity index (χ1v) is 7.30. The number of amides is 2. The van der Waals surface area contributed by atoms with Gasteiger partial charge in [0.1, 0.15) is 11.8 Å². The lowest BCUT2D eigenvalue weighted by Crippen LogP contribution is -2.50. The monoisotopic (exact) mass is 315 g/mol. The van der Waals surface area contributed by atoms with Crippen molar-refractivity contribution >= 4 is 11.8 Å². The Morgan fingerprint density at radius 2 is 1.83 bits per heavy atom. The molecule has 2 aromatic heterocycles. The Morgan fingerprint density at radius 1 is 1.13 bits per heavy atom. The molecule has 3 heterocycles. The molecule has 120 valence electrons. The largest absolute Gasteiger partial charge is 0.480 e. The Hall–Kier alpha value is -2.83. The first kappa shape index (κ1) is 15.1. The van der Waals surface area contributed by atoms with Crippen LogP contribution in [0.2, 0.25) is 0 Å². The average Bonchev–Trinajstić information content (AvgIpc) is 3.15. The van der Waals surface area contributed by atoms with E-state index in [1.807, 2.05) is 0 Å². The average molecular weight is 315 g/mol. The summed E-state index contributed by atoms with van der Waals surface area (Å²) in [6, 6.07) is 5.03. The quantitative estimate of drug-likeness (QED) is 0.853. The molecule has 2 amide bonds. The van der Waals surface area contributed by atoms with Crippen LogP contribution in [0.1, 0.15) is 20.7 Å². The Kier molecular flexibility index (Phi) is 4.27. The van der Waals surface area contributed by atoms with Crippen LogP contribution in [0.25, 0.3) is 0 Å². The molecular formula is C16H17N3O4. The van der Waals surface area contributed by atoms with Gasteiger partial charge in [-0.05, 0) is 18.2 Å². The maximum Gasteiger partial charge on any atom is 0.259 e. The van der Waals surface area contributed by atoms with Gasteiger partial charge in [-0.3, -0.25) is 9.59 Å². The zero-order valence-corrected chi connectivity index (χ0v) is 12.8. The van der Waals surface area contributed by atoms with E-state index in [4.69, 9.17) is 9.15 Å². The second kappa shape index (κ2) is 6.51. The minimum atomic E-state index is -0.134. The third kappa shape index (κ3) is 3.03. The van der Waals surface area contributed by atoms with Crippen molar-refractivity contribution in [2.75, 3.05) is 33.3 Å². The minimum Gasteiger partial charge on any atom is -0.480 e. The van der Waals surface area contributed by atoms with E-state index < -0.39 is 0 Å². The number of furan rings is 1. The first-order chi connectivity index (χ1) is 11.2. The van der Waals surface area contributed by atoms with E-state index >= 15 is 0 Å². The predicted octanol–water partition coefficient (Wildman–Crippen LogP) is 1.28. The fraction of sp³-hybridized carbons (Fsp3) is 0.312. The lowest BCUT2D eigenvalue weighted by molar-refractivity contribution is 0.0532. The molecule has 23 heavy (non-hydrogen) atoms. The van der Waals surface area contributed by atoms with Crippen molar-refractivity contribution in [1.29, 1.82) is 0 Å². The van der Waals surface area contributed by atoms with E-state index in [0.717, 1.165) is 0 Å². The molecule has 0 saturated carbocycles. The molecule has 1 aliphatic heterocycles. The van der Waals surface area contributed by atoms with Crippen molar-refractivity contribution in [1.82, 2.24) is 14.8 Å². The van der Waals surface area contributed by atoms with Crippen LogP contribution in [0.4, 0.5) is 0 Å². The van der Waals surface area contributed by atoms with Crippen LogP contribution in [-0.4, -0.2) is 59.9 Å². The van der Waals surface area contributed by atoms with Gasteiger partial charge in [0.25, 0.3) is 11.8 Å². The van der Waals surface area contributed by atoms with Gasteiger partial charge in [-0.2, -0.15) is 0 Å².